The number of hydrogen-bond acceptors (Lipinski definition) is 3. The van der Waals surface area contributed by atoms with Gasteiger partial charge in [0.15, 0.2) is 10.4 Å². The zero-order chi connectivity index (χ0) is 12.9. The first kappa shape index (κ1) is 11.5. The van der Waals surface area contributed by atoms with Crippen LogP contribution in [-0.2, 0) is 11.8 Å². The summed E-state index contributed by atoms with van der Waals surface area (Å²) in [5, 5.41) is 7.28. The van der Waals surface area contributed by atoms with Crippen LogP contribution in [0, 0.1) is 11.7 Å². The Morgan fingerprint density at radius 3 is 2.94 bits per heavy atom. The van der Waals surface area contributed by atoms with Gasteiger partial charge in [-0.05, 0) is 25.6 Å². The molecule has 1 fully saturated rings. The number of carbonyl (C=O) groups is 1. The maximum atomic E-state index is 11.2. The number of rotatable bonds is 1. The molecule has 2 aromatic heterocycles. The van der Waals surface area contributed by atoms with Crippen molar-refractivity contribution in [3.63, 3.8) is 0 Å². The van der Waals surface area contributed by atoms with Gasteiger partial charge >= 0.3 is 0 Å². The predicted octanol–water partition coefficient (Wildman–Crippen LogP) is 1.19. The van der Waals surface area contributed by atoms with Crippen LogP contribution in [0.5, 0.6) is 0 Å². The molecule has 0 bridgehead atoms. The van der Waals surface area contributed by atoms with Gasteiger partial charge in [-0.1, -0.05) is 0 Å². The number of aromatic amines is 1. The number of amides is 1. The van der Waals surface area contributed by atoms with Crippen LogP contribution in [0.2, 0.25) is 0 Å². The second-order valence-corrected chi connectivity index (χ2v) is 5.09. The van der Waals surface area contributed by atoms with Gasteiger partial charge < -0.3 is 10.3 Å². The zero-order valence-corrected chi connectivity index (χ0v) is 11.2. The average molecular weight is 265 g/mol. The lowest BCUT2D eigenvalue weighted by Gasteiger charge is -2.24. The number of nitrogens with one attached hydrogen (secondary N) is 2. The van der Waals surface area contributed by atoms with Crippen molar-refractivity contribution >= 4 is 29.3 Å². The van der Waals surface area contributed by atoms with Crippen LogP contribution < -0.4 is 5.32 Å². The Labute approximate surface area is 109 Å². The van der Waals surface area contributed by atoms with E-state index in [2.05, 4.69) is 20.0 Å². The molecule has 0 spiro atoms. The molecule has 1 aliphatic heterocycles. The molecule has 3 rings (SSSR count). The van der Waals surface area contributed by atoms with Gasteiger partial charge in [0.1, 0.15) is 5.52 Å². The van der Waals surface area contributed by atoms with Crippen molar-refractivity contribution in [1.29, 1.82) is 0 Å². The predicted molar refractivity (Wildman–Crippen MR) is 69.9 cm³/mol. The van der Waals surface area contributed by atoms with Gasteiger partial charge in [0, 0.05) is 20.0 Å². The fourth-order valence-electron chi connectivity index (χ4n) is 2.61. The summed E-state index contributed by atoms with van der Waals surface area (Å²) >= 11 is 5.39. The summed E-state index contributed by atoms with van der Waals surface area (Å²) < 4.78 is 4.61. The first-order valence-electron chi connectivity index (χ1n) is 5.98. The van der Waals surface area contributed by atoms with E-state index in [9.17, 15) is 4.79 Å². The van der Waals surface area contributed by atoms with Gasteiger partial charge in [0.25, 0.3) is 0 Å². The van der Waals surface area contributed by atoms with Crippen LogP contribution in [0.3, 0.4) is 0 Å². The highest BCUT2D eigenvalue weighted by Gasteiger charge is 2.24. The summed E-state index contributed by atoms with van der Waals surface area (Å²) in [5.41, 5.74) is 2.93. The van der Waals surface area contributed by atoms with E-state index in [1.165, 1.54) is 0 Å². The Hall–Kier alpha value is -1.63. The van der Waals surface area contributed by atoms with Crippen LogP contribution in [0.25, 0.3) is 11.2 Å². The molecular formula is C11H15N5OS. The highest BCUT2D eigenvalue weighted by molar-refractivity contribution is 7.71. The number of fused-ring (bicyclic) bond motifs is 1. The van der Waals surface area contributed by atoms with Crippen molar-refractivity contribution in [2.24, 2.45) is 7.05 Å². The van der Waals surface area contributed by atoms with Crippen LogP contribution in [0.1, 0.15) is 24.6 Å². The summed E-state index contributed by atoms with van der Waals surface area (Å²) in [6.07, 6.45) is 1.37. The second-order valence-electron chi connectivity index (χ2n) is 4.70. The number of aryl methyl sites for hydroxylation is 2. The maximum Gasteiger partial charge on any atom is 0.220 e. The largest absolute Gasteiger partial charge is 0.354 e. The van der Waals surface area contributed by atoms with E-state index in [1.807, 2.05) is 18.7 Å². The minimum atomic E-state index is 0.116. The third-order valence-electron chi connectivity index (χ3n) is 3.48. The first-order chi connectivity index (χ1) is 8.58. The average Bonchev–Trinajstić information content (AvgIpc) is 2.79. The Bertz CT molecular complexity index is 669. The summed E-state index contributed by atoms with van der Waals surface area (Å²) in [6.45, 7) is 2.59. The molecule has 0 radical (unpaired) electrons. The van der Waals surface area contributed by atoms with Crippen molar-refractivity contribution in [1.82, 2.24) is 24.6 Å². The minimum absolute atomic E-state index is 0.116. The molecule has 1 amide bonds. The molecule has 0 aromatic carbocycles. The molecule has 18 heavy (non-hydrogen) atoms. The molecule has 1 aliphatic rings. The first-order valence-corrected chi connectivity index (χ1v) is 6.39. The van der Waals surface area contributed by atoms with Crippen molar-refractivity contribution in [2.75, 3.05) is 6.54 Å². The van der Waals surface area contributed by atoms with E-state index >= 15 is 0 Å². The Morgan fingerprint density at radius 2 is 2.28 bits per heavy atom. The van der Waals surface area contributed by atoms with E-state index in [0.29, 0.717) is 17.7 Å². The summed E-state index contributed by atoms with van der Waals surface area (Å²) in [4.78, 5) is 14.4. The fourth-order valence-corrected chi connectivity index (χ4v) is 2.95. The van der Waals surface area contributed by atoms with Gasteiger partial charge in [-0.2, -0.15) is 5.10 Å². The van der Waals surface area contributed by atoms with E-state index in [-0.39, 0.29) is 11.9 Å². The lowest BCUT2D eigenvalue weighted by Crippen LogP contribution is -2.36. The van der Waals surface area contributed by atoms with Crippen LogP contribution in [-0.4, -0.2) is 31.8 Å². The standard InChI is InChI=1S/C11H15N5OS/c1-6-9-10(15(2)14-6)16(11(18)13-9)7-3-4-8(17)12-5-7/h7H,3-5H2,1-2H3,(H,12,17)(H,13,18). The van der Waals surface area contributed by atoms with Crippen molar-refractivity contribution in [3.8, 4) is 0 Å². The third-order valence-corrected chi connectivity index (χ3v) is 3.77. The Balaban J connectivity index is 2.13. The number of piperidine rings is 1. The maximum absolute atomic E-state index is 11.2. The summed E-state index contributed by atoms with van der Waals surface area (Å²) in [5.74, 6) is 0.116. The molecule has 1 unspecified atom stereocenters. The molecule has 3 heterocycles. The highest BCUT2D eigenvalue weighted by atomic mass is 32.1. The molecule has 2 N–H and O–H groups in total. The Morgan fingerprint density at radius 1 is 1.50 bits per heavy atom. The summed E-state index contributed by atoms with van der Waals surface area (Å²) in [6, 6.07) is 0.207. The number of aromatic nitrogens is 4. The lowest BCUT2D eigenvalue weighted by atomic mass is 10.1. The normalized spacial score (nSPS) is 20.3. The van der Waals surface area contributed by atoms with Crippen molar-refractivity contribution in [3.05, 3.63) is 10.5 Å². The van der Waals surface area contributed by atoms with E-state index < -0.39 is 0 Å². The molecule has 1 atom stereocenters. The Kier molecular flexibility index (Phi) is 2.51. The minimum Gasteiger partial charge on any atom is -0.354 e. The molecule has 0 saturated carbocycles. The fraction of sp³-hybridized carbons (Fsp3) is 0.545. The zero-order valence-electron chi connectivity index (χ0n) is 10.4. The topological polar surface area (TPSA) is 67.6 Å². The monoisotopic (exact) mass is 265 g/mol. The third kappa shape index (κ3) is 1.58. The highest BCUT2D eigenvalue weighted by Crippen LogP contribution is 2.25. The van der Waals surface area contributed by atoms with Crippen molar-refractivity contribution < 1.29 is 4.79 Å². The van der Waals surface area contributed by atoms with E-state index in [4.69, 9.17) is 12.2 Å². The van der Waals surface area contributed by atoms with Crippen molar-refractivity contribution in [2.45, 2.75) is 25.8 Å². The van der Waals surface area contributed by atoms with Gasteiger partial charge in [-0.3, -0.25) is 14.0 Å². The van der Waals surface area contributed by atoms with Gasteiger partial charge in [-0.15, -0.1) is 0 Å². The number of hydrogen-bond donors (Lipinski definition) is 2. The van der Waals surface area contributed by atoms with E-state index in [1.54, 1.807) is 0 Å². The molecule has 6 nitrogen and oxygen atoms in total. The van der Waals surface area contributed by atoms with Gasteiger partial charge in [0.2, 0.25) is 5.91 Å². The smallest absolute Gasteiger partial charge is 0.220 e. The summed E-state index contributed by atoms with van der Waals surface area (Å²) in [7, 11) is 1.91. The quantitative estimate of drug-likeness (QED) is 0.761. The van der Waals surface area contributed by atoms with Crippen LogP contribution in [0.4, 0.5) is 0 Å². The van der Waals surface area contributed by atoms with Crippen LogP contribution >= 0.6 is 12.2 Å². The molecule has 7 heteroatoms. The molecule has 0 aliphatic carbocycles. The molecule has 96 valence electrons. The number of H-pyrrole nitrogens is 1. The van der Waals surface area contributed by atoms with Gasteiger partial charge in [0.05, 0.1) is 11.7 Å². The van der Waals surface area contributed by atoms with Crippen LogP contribution in [0.15, 0.2) is 0 Å². The molecule has 1 saturated heterocycles. The number of imidazole rings is 1. The molecular weight excluding hydrogens is 250 g/mol. The number of carbonyl (C=O) groups excluding carboxylic acids is 1. The second kappa shape index (κ2) is 3.94. The molecule has 2 aromatic rings. The lowest BCUT2D eigenvalue weighted by molar-refractivity contribution is -0.122. The van der Waals surface area contributed by atoms with E-state index in [0.717, 1.165) is 23.3 Å². The van der Waals surface area contributed by atoms with Gasteiger partial charge in [-0.25, -0.2) is 0 Å². The SMILES string of the molecule is Cc1nn(C)c2c1[nH]c(=S)n2C1CCC(=O)NC1. The number of nitrogens with zero attached hydrogens (tertiary/aromatic N) is 3.